The van der Waals surface area contributed by atoms with Crippen molar-refractivity contribution in [3.63, 3.8) is 0 Å². The van der Waals surface area contributed by atoms with E-state index in [1.807, 2.05) is 6.07 Å². The summed E-state index contributed by atoms with van der Waals surface area (Å²) in [7, 11) is 0. The highest BCUT2D eigenvalue weighted by Crippen LogP contribution is 2.37. The Balaban J connectivity index is 1.85. The van der Waals surface area contributed by atoms with Crippen molar-refractivity contribution in [2.45, 2.75) is 38.1 Å². The SMILES string of the molecule is NC(c1ccc2c(c1)CCC(=O)N2)C1CCC1. The molecule has 1 aliphatic heterocycles. The van der Waals surface area contributed by atoms with E-state index < -0.39 is 0 Å². The number of fused-ring (bicyclic) bond motifs is 1. The maximum Gasteiger partial charge on any atom is 0.224 e. The van der Waals surface area contributed by atoms with Crippen molar-refractivity contribution in [3.8, 4) is 0 Å². The van der Waals surface area contributed by atoms with Gasteiger partial charge in [-0.05, 0) is 42.4 Å². The molecule has 0 bridgehead atoms. The molecule has 90 valence electrons. The van der Waals surface area contributed by atoms with Crippen LogP contribution >= 0.6 is 0 Å². The fraction of sp³-hybridized carbons (Fsp3) is 0.500. The molecule has 1 amide bonds. The molecule has 1 aromatic carbocycles. The maximum absolute atomic E-state index is 11.3. The molecular weight excluding hydrogens is 212 g/mol. The summed E-state index contributed by atoms with van der Waals surface area (Å²) < 4.78 is 0. The quantitative estimate of drug-likeness (QED) is 0.819. The average Bonchev–Trinajstić information content (AvgIpc) is 2.26. The second kappa shape index (κ2) is 4.15. The Morgan fingerprint density at radius 1 is 1.29 bits per heavy atom. The van der Waals surface area contributed by atoms with Crippen molar-refractivity contribution in [1.82, 2.24) is 0 Å². The van der Waals surface area contributed by atoms with Crippen molar-refractivity contribution in [1.29, 1.82) is 0 Å². The monoisotopic (exact) mass is 230 g/mol. The van der Waals surface area contributed by atoms with Gasteiger partial charge in [-0.25, -0.2) is 0 Å². The molecule has 3 nitrogen and oxygen atoms in total. The normalized spacial score (nSPS) is 21.4. The van der Waals surface area contributed by atoms with E-state index in [4.69, 9.17) is 5.73 Å². The molecule has 17 heavy (non-hydrogen) atoms. The van der Waals surface area contributed by atoms with Crippen LogP contribution in [0.4, 0.5) is 5.69 Å². The molecule has 1 unspecified atom stereocenters. The minimum absolute atomic E-state index is 0.119. The van der Waals surface area contributed by atoms with Gasteiger partial charge in [0.05, 0.1) is 0 Å². The maximum atomic E-state index is 11.3. The minimum atomic E-state index is 0.119. The van der Waals surface area contributed by atoms with Gasteiger partial charge in [-0.15, -0.1) is 0 Å². The van der Waals surface area contributed by atoms with Gasteiger partial charge in [-0.1, -0.05) is 18.6 Å². The molecule has 0 saturated heterocycles. The number of anilines is 1. The first-order valence-corrected chi connectivity index (χ1v) is 6.42. The van der Waals surface area contributed by atoms with Crippen LogP contribution in [0.2, 0.25) is 0 Å². The Labute approximate surface area is 101 Å². The largest absolute Gasteiger partial charge is 0.326 e. The van der Waals surface area contributed by atoms with Crippen LogP contribution in [0.5, 0.6) is 0 Å². The lowest BCUT2D eigenvalue weighted by atomic mass is 9.77. The zero-order chi connectivity index (χ0) is 11.8. The summed E-state index contributed by atoms with van der Waals surface area (Å²) in [4.78, 5) is 11.3. The van der Waals surface area contributed by atoms with Gasteiger partial charge in [0.25, 0.3) is 0 Å². The molecule has 3 heteroatoms. The van der Waals surface area contributed by atoms with E-state index in [0.717, 1.165) is 12.1 Å². The molecular formula is C14H18N2O. The van der Waals surface area contributed by atoms with Gasteiger partial charge in [0.1, 0.15) is 0 Å². The fourth-order valence-electron chi connectivity index (χ4n) is 2.68. The van der Waals surface area contributed by atoms with Crippen molar-refractivity contribution >= 4 is 11.6 Å². The highest BCUT2D eigenvalue weighted by molar-refractivity contribution is 5.93. The molecule has 3 N–H and O–H groups in total. The Kier molecular flexibility index (Phi) is 2.63. The molecule has 1 aromatic rings. The highest BCUT2D eigenvalue weighted by atomic mass is 16.1. The zero-order valence-corrected chi connectivity index (χ0v) is 9.91. The number of amides is 1. The number of hydrogen-bond donors (Lipinski definition) is 2. The van der Waals surface area contributed by atoms with Crippen molar-refractivity contribution in [2.75, 3.05) is 5.32 Å². The molecule has 0 aromatic heterocycles. The number of nitrogens with two attached hydrogens (primary N) is 1. The van der Waals surface area contributed by atoms with Crippen LogP contribution < -0.4 is 11.1 Å². The summed E-state index contributed by atoms with van der Waals surface area (Å²) in [6.07, 6.45) is 5.27. The third-order valence-corrected chi connectivity index (χ3v) is 4.07. The van der Waals surface area contributed by atoms with Crippen LogP contribution in [0.3, 0.4) is 0 Å². The van der Waals surface area contributed by atoms with E-state index in [9.17, 15) is 4.79 Å². The number of aryl methyl sites for hydroxylation is 1. The Bertz CT molecular complexity index is 452. The topological polar surface area (TPSA) is 55.1 Å². The lowest BCUT2D eigenvalue weighted by Gasteiger charge is -2.32. The van der Waals surface area contributed by atoms with Crippen molar-refractivity contribution in [3.05, 3.63) is 29.3 Å². The number of carbonyl (C=O) groups excluding carboxylic acids is 1. The van der Waals surface area contributed by atoms with Crippen LogP contribution in [0.1, 0.15) is 42.9 Å². The van der Waals surface area contributed by atoms with Gasteiger partial charge >= 0.3 is 0 Å². The Hall–Kier alpha value is -1.35. The molecule has 1 saturated carbocycles. The summed E-state index contributed by atoms with van der Waals surface area (Å²) in [5, 5.41) is 2.90. The van der Waals surface area contributed by atoms with Crippen molar-refractivity contribution in [2.24, 2.45) is 11.7 Å². The van der Waals surface area contributed by atoms with E-state index in [1.165, 1.54) is 30.4 Å². The highest BCUT2D eigenvalue weighted by Gasteiger charge is 2.26. The second-order valence-electron chi connectivity index (χ2n) is 5.18. The summed E-state index contributed by atoms with van der Waals surface area (Å²) in [6.45, 7) is 0. The van der Waals surface area contributed by atoms with Crippen LogP contribution in [0.15, 0.2) is 18.2 Å². The molecule has 3 rings (SSSR count). The number of nitrogens with one attached hydrogen (secondary N) is 1. The summed E-state index contributed by atoms with van der Waals surface area (Å²) in [5.74, 6) is 0.778. The number of carbonyl (C=O) groups is 1. The molecule has 1 atom stereocenters. The molecule has 1 fully saturated rings. The van der Waals surface area contributed by atoms with E-state index in [1.54, 1.807) is 0 Å². The van der Waals surface area contributed by atoms with Gasteiger partial charge in [0, 0.05) is 18.2 Å². The lowest BCUT2D eigenvalue weighted by Crippen LogP contribution is -2.27. The van der Waals surface area contributed by atoms with Gasteiger partial charge in [-0.3, -0.25) is 4.79 Å². The minimum Gasteiger partial charge on any atom is -0.326 e. The predicted molar refractivity (Wildman–Crippen MR) is 67.7 cm³/mol. The van der Waals surface area contributed by atoms with E-state index in [-0.39, 0.29) is 11.9 Å². The van der Waals surface area contributed by atoms with Crippen LogP contribution in [0, 0.1) is 5.92 Å². The number of benzene rings is 1. The summed E-state index contributed by atoms with van der Waals surface area (Å²) >= 11 is 0. The Morgan fingerprint density at radius 3 is 2.82 bits per heavy atom. The molecule has 0 spiro atoms. The standard InChI is InChI=1S/C14H18N2O/c15-14(9-2-1-3-9)11-4-6-12-10(8-11)5-7-13(17)16-12/h4,6,8-9,14H,1-3,5,7,15H2,(H,16,17). The van der Waals surface area contributed by atoms with Gasteiger partial charge < -0.3 is 11.1 Å². The summed E-state index contributed by atoms with van der Waals surface area (Å²) in [6, 6.07) is 6.41. The van der Waals surface area contributed by atoms with Crippen LogP contribution in [0.25, 0.3) is 0 Å². The molecule has 1 heterocycles. The first kappa shape index (κ1) is 10.8. The zero-order valence-electron chi connectivity index (χ0n) is 9.91. The predicted octanol–water partition coefficient (Wildman–Crippen LogP) is 2.37. The first-order chi connectivity index (χ1) is 8.24. The first-order valence-electron chi connectivity index (χ1n) is 6.42. The third-order valence-electron chi connectivity index (χ3n) is 4.07. The summed E-state index contributed by atoms with van der Waals surface area (Å²) in [5.41, 5.74) is 9.70. The molecule has 2 aliphatic rings. The molecule has 0 radical (unpaired) electrons. The average molecular weight is 230 g/mol. The molecule has 1 aliphatic carbocycles. The van der Waals surface area contributed by atoms with E-state index in [2.05, 4.69) is 17.4 Å². The third kappa shape index (κ3) is 1.95. The van der Waals surface area contributed by atoms with E-state index >= 15 is 0 Å². The second-order valence-corrected chi connectivity index (χ2v) is 5.18. The van der Waals surface area contributed by atoms with Crippen molar-refractivity contribution < 1.29 is 4.79 Å². The number of rotatable bonds is 2. The van der Waals surface area contributed by atoms with Gasteiger partial charge in [0.2, 0.25) is 5.91 Å². The Morgan fingerprint density at radius 2 is 2.12 bits per heavy atom. The number of hydrogen-bond acceptors (Lipinski definition) is 2. The smallest absolute Gasteiger partial charge is 0.224 e. The fourth-order valence-corrected chi connectivity index (χ4v) is 2.68. The van der Waals surface area contributed by atoms with Crippen LogP contribution in [-0.4, -0.2) is 5.91 Å². The lowest BCUT2D eigenvalue weighted by molar-refractivity contribution is -0.116. The van der Waals surface area contributed by atoms with Gasteiger partial charge in [0.15, 0.2) is 0 Å². The van der Waals surface area contributed by atoms with Gasteiger partial charge in [-0.2, -0.15) is 0 Å². The van der Waals surface area contributed by atoms with E-state index in [0.29, 0.717) is 12.3 Å². The van der Waals surface area contributed by atoms with Crippen LogP contribution in [-0.2, 0) is 11.2 Å².